The highest BCUT2D eigenvalue weighted by atomic mass is 35.5. The van der Waals surface area contributed by atoms with Crippen molar-refractivity contribution in [3.63, 3.8) is 0 Å². The van der Waals surface area contributed by atoms with Gasteiger partial charge in [-0.1, -0.05) is 44.5 Å². The third-order valence-electron chi connectivity index (χ3n) is 3.30. The van der Waals surface area contributed by atoms with Crippen molar-refractivity contribution in [1.29, 1.82) is 0 Å². The number of carbonyl (C=O) groups excluding carboxylic acids is 1. The molecular formula is C18H21ClN2O2. The molecule has 2 N–H and O–H groups in total. The van der Waals surface area contributed by atoms with Crippen molar-refractivity contribution in [2.75, 3.05) is 5.32 Å². The molecule has 2 rings (SSSR count). The number of anilines is 2. The number of rotatable bonds is 4. The molecule has 2 aromatic rings. The molecule has 0 aliphatic rings. The Labute approximate surface area is 141 Å². The maximum atomic E-state index is 12.0. The van der Waals surface area contributed by atoms with Crippen molar-refractivity contribution in [2.45, 2.75) is 27.3 Å². The molecular weight excluding hydrogens is 312 g/mol. The van der Waals surface area contributed by atoms with E-state index in [1.165, 1.54) is 0 Å². The summed E-state index contributed by atoms with van der Waals surface area (Å²) in [6.45, 7) is 5.49. The molecule has 0 radical (unpaired) electrons. The van der Waals surface area contributed by atoms with Gasteiger partial charge in [0.05, 0.1) is 6.54 Å². The van der Waals surface area contributed by atoms with E-state index in [1.54, 1.807) is 20.8 Å². The van der Waals surface area contributed by atoms with Crippen molar-refractivity contribution in [3.05, 3.63) is 59.1 Å². The second kappa shape index (κ2) is 7.02. The first-order valence-corrected chi connectivity index (χ1v) is 7.76. The molecule has 5 heteroatoms. The lowest BCUT2D eigenvalue weighted by Gasteiger charge is -2.24. The number of halogens is 1. The fourth-order valence-electron chi connectivity index (χ4n) is 2.03. The van der Waals surface area contributed by atoms with Gasteiger partial charge in [0, 0.05) is 21.8 Å². The Balaban J connectivity index is 1.99. The molecule has 4 nitrogen and oxygen atoms in total. The van der Waals surface area contributed by atoms with Crippen molar-refractivity contribution in [1.82, 2.24) is 5.06 Å². The van der Waals surface area contributed by atoms with Gasteiger partial charge >= 0.3 is 0 Å². The van der Waals surface area contributed by atoms with E-state index in [0.29, 0.717) is 5.02 Å². The van der Waals surface area contributed by atoms with E-state index < -0.39 is 5.41 Å². The Morgan fingerprint density at radius 3 is 2.00 bits per heavy atom. The Kier molecular flexibility index (Phi) is 5.29. The third kappa shape index (κ3) is 4.98. The lowest BCUT2D eigenvalue weighted by Crippen LogP contribution is -2.36. The normalized spacial score (nSPS) is 11.2. The van der Waals surface area contributed by atoms with Crippen LogP contribution in [0.5, 0.6) is 0 Å². The maximum absolute atomic E-state index is 12.0. The first-order chi connectivity index (χ1) is 10.8. The zero-order valence-corrected chi connectivity index (χ0v) is 14.3. The molecule has 0 atom stereocenters. The van der Waals surface area contributed by atoms with Crippen LogP contribution in [0.25, 0.3) is 0 Å². The first kappa shape index (κ1) is 17.3. The number of hydrogen-bond donors (Lipinski definition) is 2. The van der Waals surface area contributed by atoms with E-state index in [1.807, 2.05) is 48.5 Å². The second-order valence-corrected chi connectivity index (χ2v) is 6.88. The highest BCUT2D eigenvalue weighted by Gasteiger charge is 2.26. The summed E-state index contributed by atoms with van der Waals surface area (Å²) in [7, 11) is 0. The van der Waals surface area contributed by atoms with Crippen molar-refractivity contribution in [3.8, 4) is 0 Å². The summed E-state index contributed by atoms with van der Waals surface area (Å²) in [4.78, 5) is 12.0. The third-order valence-corrected chi connectivity index (χ3v) is 3.55. The van der Waals surface area contributed by atoms with E-state index in [-0.39, 0.29) is 12.5 Å². The first-order valence-electron chi connectivity index (χ1n) is 7.38. The van der Waals surface area contributed by atoms with E-state index in [9.17, 15) is 10.0 Å². The molecule has 0 fully saturated rings. The smallest absolute Gasteiger partial charge is 0.251 e. The fourth-order valence-corrected chi connectivity index (χ4v) is 2.15. The van der Waals surface area contributed by atoms with E-state index in [4.69, 9.17) is 11.6 Å². The summed E-state index contributed by atoms with van der Waals surface area (Å²) in [6, 6.07) is 15.0. The topological polar surface area (TPSA) is 52.6 Å². The second-order valence-electron chi connectivity index (χ2n) is 6.44. The number of hydroxylamine groups is 2. The van der Waals surface area contributed by atoms with Crippen LogP contribution in [0.15, 0.2) is 48.5 Å². The summed E-state index contributed by atoms with van der Waals surface area (Å²) >= 11 is 5.86. The summed E-state index contributed by atoms with van der Waals surface area (Å²) in [5.41, 5.74) is 2.11. The van der Waals surface area contributed by atoms with Crippen LogP contribution < -0.4 is 5.32 Å². The highest BCUT2D eigenvalue weighted by Crippen LogP contribution is 2.21. The minimum Gasteiger partial charge on any atom is -0.356 e. The van der Waals surface area contributed by atoms with Crippen LogP contribution in [0, 0.1) is 5.41 Å². The van der Waals surface area contributed by atoms with Gasteiger partial charge in [-0.05, 0) is 42.0 Å². The lowest BCUT2D eigenvalue weighted by atomic mass is 9.95. The number of benzene rings is 2. The number of hydrogen-bond acceptors (Lipinski definition) is 3. The quantitative estimate of drug-likeness (QED) is 0.621. The Hall–Kier alpha value is -2.04. The summed E-state index contributed by atoms with van der Waals surface area (Å²) in [5, 5.41) is 14.6. The molecule has 0 aromatic heterocycles. The zero-order valence-electron chi connectivity index (χ0n) is 13.5. The van der Waals surface area contributed by atoms with Crippen molar-refractivity contribution in [2.24, 2.45) is 5.41 Å². The SMILES string of the molecule is CC(C)(C)C(=O)N(O)Cc1ccc(Nc2ccc(Cl)cc2)cc1. The fraction of sp³-hybridized carbons (Fsp3) is 0.278. The van der Waals surface area contributed by atoms with Gasteiger partial charge in [0.2, 0.25) is 0 Å². The molecule has 0 aliphatic heterocycles. The largest absolute Gasteiger partial charge is 0.356 e. The van der Waals surface area contributed by atoms with Crippen LogP contribution in [0.2, 0.25) is 5.02 Å². The van der Waals surface area contributed by atoms with Gasteiger partial charge in [-0.3, -0.25) is 10.0 Å². The minimum absolute atomic E-state index is 0.164. The average molecular weight is 333 g/mol. The average Bonchev–Trinajstić information content (AvgIpc) is 2.50. The molecule has 23 heavy (non-hydrogen) atoms. The predicted octanol–water partition coefficient (Wildman–Crippen LogP) is 4.85. The molecule has 1 amide bonds. The summed E-state index contributed by atoms with van der Waals surface area (Å²) in [6.07, 6.45) is 0. The van der Waals surface area contributed by atoms with E-state index >= 15 is 0 Å². The van der Waals surface area contributed by atoms with Gasteiger partial charge in [-0.25, -0.2) is 5.06 Å². The molecule has 0 saturated heterocycles. The Bertz CT molecular complexity index is 661. The molecule has 122 valence electrons. The minimum atomic E-state index is -0.606. The standard InChI is InChI=1S/C18H21ClN2O2/c1-18(2,3)17(22)21(23)12-13-4-8-15(9-5-13)20-16-10-6-14(19)7-11-16/h4-11,20,23H,12H2,1-3H3. The Morgan fingerprint density at radius 1 is 1.04 bits per heavy atom. The van der Waals surface area contributed by atoms with E-state index in [2.05, 4.69) is 5.32 Å². The molecule has 0 saturated carbocycles. The van der Waals surface area contributed by atoms with Crippen LogP contribution in [0.4, 0.5) is 11.4 Å². The molecule has 0 aliphatic carbocycles. The van der Waals surface area contributed by atoms with Gasteiger partial charge in [0.1, 0.15) is 0 Å². The molecule has 0 heterocycles. The number of nitrogens with one attached hydrogen (secondary N) is 1. The maximum Gasteiger partial charge on any atom is 0.251 e. The number of amides is 1. The lowest BCUT2D eigenvalue weighted by molar-refractivity contribution is -0.177. The van der Waals surface area contributed by atoms with Crippen LogP contribution in [-0.4, -0.2) is 16.2 Å². The van der Waals surface area contributed by atoms with Gasteiger partial charge in [-0.15, -0.1) is 0 Å². The van der Waals surface area contributed by atoms with Crippen LogP contribution in [0.1, 0.15) is 26.3 Å². The van der Waals surface area contributed by atoms with Crippen LogP contribution >= 0.6 is 11.6 Å². The van der Waals surface area contributed by atoms with Crippen LogP contribution in [-0.2, 0) is 11.3 Å². The van der Waals surface area contributed by atoms with E-state index in [0.717, 1.165) is 22.0 Å². The van der Waals surface area contributed by atoms with Gasteiger partial charge in [-0.2, -0.15) is 0 Å². The summed E-state index contributed by atoms with van der Waals surface area (Å²) in [5.74, 6) is -0.305. The monoisotopic (exact) mass is 332 g/mol. The van der Waals surface area contributed by atoms with Gasteiger partial charge in [0.15, 0.2) is 0 Å². The number of nitrogens with zero attached hydrogens (tertiary/aromatic N) is 1. The van der Waals surface area contributed by atoms with Crippen molar-refractivity contribution >= 4 is 28.9 Å². The zero-order chi connectivity index (χ0) is 17.0. The molecule has 0 bridgehead atoms. The predicted molar refractivity (Wildman–Crippen MR) is 93.0 cm³/mol. The van der Waals surface area contributed by atoms with Gasteiger partial charge in [0.25, 0.3) is 5.91 Å². The molecule has 0 spiro atoms. The van der Waals surface area contributed by atoms with Crippen LogP contribution in [0.3, 0.4) is 0 Å². The van der Waals surface area contributed by atoms with Crippen molar-refractivity contribution < 1.29 is 10.0 Å². The summed E-state index contributed by atoms with van der Waals surface area (Å²) < 4.78 is 0. The Morgan fingerprint density at radius 2 is 1.52 bits per heavy atom. The molecule has 0 unspecified atom stereocenters. The number of carbonyl (C=O) groups is 1. The highest BCUT2D eigenvalue weighted by molar-refractivity contribution is 6.30. The van der Waals surface area contributed by atoms with Gasteiger partial charge < -0.3 is 5.32 Å². The molecule has 2 aromatic carbocycles.